The highest BCUT2D eigenvalue weighted by Crippen LogP contribution is 1.95. The lowest BCUT2D eigenvalue weighted by Crippen LogP contribution is -2.43. The Bertz CT molecular complexity index is 905. The molecule has 3 N–H and O–H groups in total. The van der Waals surface area contributed by atoms with Gasteiger partial charge < -0.3 is 5.32 Å². The predicted molar refractivity (Wildman–Crippen MR) is 85.1 cm³/mol. The number of H-pyrrole nitrogens is 2. The molecule has 0 aliphatic carbocycles. The maximum atomic E-state index is 11.8. The second-order valence-corrected chi connectivity index (χ2v) is 5.43. The van der Waals surface area contributed by atoms with E-state index in [0.29, 0.717) is 17.5 Å². The van der Waals surface area contributed by atoms with Crippen LogP contribution in [0.5, 0.6) is 0 Å². The fraction of sp³-hybridized carbons (Fsp3) is 0.357. The van der Waals surface area contributed by atoms with E-state index < -0.39 is 28.5 Å². The molecule has 24 heavy (non-hydrogen) atoms. The van der Waals surface area contributed by atoms with Gasteiger partial charge in [-0.15, -0.1) is 0 Å². The minimum Gasteiger partial charge on any atom is -0.352 e. The molecule has 0 aromatic carbocycles. The minimum atomic E-state index is -0.617. The second-order valence-electron chi connectivity index (χ2n) is 5.43. The highest BCUT2D eigenvalue weighted by atomic mass is 16.2. The van der Waals surface area contributed by atoms with Gasteiger partial charge in [-0.05, 0) is 13.8 Å². The molecule has 0 radical (unpaired) electrons. The summed E-state index contributed by atoms with van der Waals surface area (Å²) < 4.78 is 2.48. The van der Waals surface area contributed by atoms with Crippen molar-refractivity contribution in [3.8, 4) is 0 Å². The van der Waals surface area contributed by atoms with E-state index in [2.05, 4.69) is 15.3 Å². The largest absolute Gasteiger partial charge is 0.352 e. The van der Waals surface area contributed by atoms with Crippen LogP contribution in [0.1, 0.15) is 11.1 Å². The van der Waals surface area contributed by atoms with E-state index in [1.54, 1.807) is 13.8 Å². The minimum absolute atomic E-state index is 0.0415. The molecule has 0 spiro atoms. The molecule has 1 amide bonds. The molecule has 0 saturated carbocycles. The summed E-state index contributed by atoms with van der Waals surface area (Å²) in [6.07, 6.45) is 3.21. The van der Waals surface area contributed by atoms with Crippen LogP contribution in [0.4, 0.5) is 0 Å². The number of nitrogens with one attached hydrogen (secondary N) is 3. The van der Waals surface area contributed by atoms with Gasteiger partial charge in [0.25, 0.3) is 11.1 Å². The Morgan fingerprint density at radius 3 is 1.75 bits per heavy atom. The molecule has 2 heterocycles. The fourth-order valence-corrected chi connectivity index (χ4v) is 2.24. The van der Waals surface area contributed by atoms with Crippen LogP contribution in [0.25, 0.3) is 0 Å². The lowest BCUT2D eigenvalue weighted by molar-refractivity contribution is -0.110. The molecule has 128 valence electrons. The average Bonchev–Trinajstić information content (AvgIpc) is 2.50. The van der Waals surface area contributed by atoms with Gasteiger partial charge in [-0.3, -0.25) is 33.5 Å². The van der Waals surface area contributed by atoms with E-state index >= 15 is 0 Å². The van der Waals surface area contributed by atoms with Gasteiger partial charge in [-0.1, -0.05) is 0 Å². The van der Waals surface area contributed by atoms with Crippen molar-refractivity contribution >= 4 is 6.41 Å². The Labute approximate surface area is 134 Å². The molecule has 0 aliphatic heterocycles. The number of aryl methyl sites for hydroxylation is 2. The summed E-state index contributed by atoms with van der Waals surface area (Å²) in [6.45, 7) is 3.18. The van der Waals surface area contributed by atoms with Crippen molar-refractivity contribution in [2.45, 2.75) is 33.0 Å². The number of aromatic nitrogens is 4. The van der Waals surface area contributed by atoms with Crippen LogP contribution in [0.2, 0.25) is 0 Å². The quantitative estimate of drug-likeness (QED) is 0.515. The van der Waals surface area contributed by atoms with E-state index in [4.69, 9.17) is 0 Å². The lowest BCUT2D eigenvalue weighted by atomic mass is 10.2. The first-order valence-corrected chi connectivity index (χ1v) is 7.12. The summed E-state index contributed by atoms with van der Waals surface area (Å²) >= 11 is 0. The predicted octanol–water partition coefficient (Wildman–Crippen LogP) is -2.18. The van der Waals surface area contributed by atoms with Crippen molar-refractivity contribution in [1.82, 2.24) is 24.4 Å². The zero-order valence-electron chi connectivity index (χ0n) is 13.2. The van der Waals surface area contributed by atoms with Gasteiger partial charge in [0, 0.05) is 36.6 Å². The van der Waals surface area contributed by atoms with Gasteiger partial charge in [-0.2, -0.15) is 0 Å². The Morgan fingerprint density at radius 2 is 1.38 bits per heavy atom. The van der Waals surface area contributed by atoms with E-state index in [0.717, 1.165) is 0 Å². The zero-order valence-corrected chi connectivity index (χ0v) is 13.2. The number of carbonyl (C=O) groups excluding carboxylic acids is 1. The summed E-state index contributed by atoms with van der Waals surface area (Å²) in [6, 6.07) is -0.603. The lowest BCUT2D eigenvalue weighted by Gasteiger charge is -2.18. The number of rotatable bonds is 6. The summed E-state index contributed by atoms with van der Waals surface area (Å²) in [4.78, 5) is 61.6. The van der Waals surface area contributed by atoms with Crippen LogP contribution in [0, 0.1) is 13.8 Å². The van der Waals surface area contributed by atoms with Crippen molar-refractivity contribution < 1.29 is 4.79 Å². The first-order valence-electron chi connectivity index (χ1n) is 7.12. The van der Waals surface area contributed by atoms with Gasteiger partial charge in [0.15, 0.2) is 0 Å². The van der Waals surface area contributed by atoms with Crippen molar-refractivity contribution in [1.29, 1.82) is 0 Å². The summed E-state index contributed by atoms with van der Waals surface area (Å²) in [5.41, 5.74) is -1.51. The monoisotopic (exact) mass is 335 g/mol. The standard InChI is InChI=1S/C14H17N5O5/c1-8-3-18(13(23)16-11(8)21)5-10(15-7-20)6-19-4-9(2)12(22)17-14(19)24/h3-4,7,10H,5-6H2,1-2H3,(H,15,20)(H,16,21,23)(H,17,22,24). The van der Waals surface area contributed by atoms with Crippen LogP contribution in [-0.2, 0) is 17.9 Å². The Kier molecular flexibility index (Phi) is 4.97. The van der Waals surface area contributed by atoms with Crippen LogP contribution < -0.4 is 27.8 Å². The topological polar surface area (TPSA) is 139 Å². The molecular weight excluding hydrogens is 318 g/mol. The molecule has 2 aromatic rings. The van der Waals surface area contributed by atoms with Crippen molar-refractivity contribution in [2.75, 3.05) is 0 Å². The molecule has 0 fully saturated rings. The van der Waals surface area contributed by atoms with E-state index in [1.165, 1.54) is 21.5 Å². The maximum Gasteiger partial charge on any atom is 0.328 e. The van der Waals surface area contributed by atoms with Crippen molar-refractivity contribution in [3.05, 3.63) is 65.2 Å². The summed E-state index contributed by atoms with van der Waals surface area (Å²) in [5, 5.41) is 2.52. The Balaban J connectivity index is 2.33. The molecule has 2 rings (SSSR count). The second kappa shape index (κ2) is 6.94. The molecular formula is C14H17N5O5. The first-order chi connectivity index (χ1) is 11.3. The van der Waals surface area contributed by atoms with Crippen molar-refractivity contribution in [2.24, 2.45) is 0 Å². The zero-order chi connectivity index (χ0) is 17.9. The van der Waals surface area contributed by atoms with Crippen LogP contribution >= 0.6 is 0 Å². The molecule has 0 unspecified atom stereocenters. The molecule has 2 aromatic heterocycles. The number of hydrogen-bond donors (Lipinski definition) is 3. The third-order valence-electron chi connectivity index (χ3n) is 3.52. The van der Waals surface area contributed by atoms with Crippen molar-refractivity contribution in [3.63, 3.8) is 0 Å². The van der Waals surface area contributed by atoms with Gasteiger partial charge in [0.1, 0.15) is 0 Å². The summed E-state index contributed by atoms with van der Waals surface area (Å²) in [7, 11) is 0. The van der Waals surface area contributed by atoms with Crippen LogP contribution in [0.3, 0.4) is 0 Å². The number of nitrogens with zero attached hydrogens (tertiary/aromatic N) is 2. The van der Waals surface area contributed by atoms with Gasteiger partial charge in [0.05, 0.1) is 6.04 Å². The normalized spacial score (nSPS) is 10.8. The smallest absolute Gasteiger partial charge is 0.328 e. The SMILES string of the molecule is Cc1cn(CC(Cn2cc(C)c(=O)[nH]c2=O)NC=O)c(=O)[nH]c1=O. The molecule has 0 aliphatic rings. The van der Waals surface area contributed by atoms with E-state index in [-0.39, 0.29) is 13.1 Å². The number of aromatic amines is 2. The van der Waals surface area contributed by atoms with Gasteiger partial charge >= 0.3 is 11.4 Å². The third kappa shape index (κ3) is 3.77. The number of carbonyl (C=O) groups is 1. The molecule has 10 nitrogen and oxygen atoms in total. The first kappa shape index (κ1) is 17.2. The molecule has 10 heteroatoms. The molecule has 0 saturated heterocycles. The number of amides is 1. The van der Waals surface area contributed by atoms with E-state index in [1.807, 2.05) is 0 Å². The number of hydrogen-bond acceptors (Lipinski definition) is 5. The highest BCUT2D eigenvalue weighted by molar-refractivity contribution is 5.46. The maximum absolute atomic E-state index is 11.8. The van der Waals surface area contributed by atoms with Gasteiger partial charge in [0.2, 0.25) is 6.41 Å². The van der Waals surface area contributed by atoms with Crippen LogP contribution in [-0.4, -0.2) is 31.6 Å². The Morgan fingerprint density at radius 1 is 0.958 bits per heavy atom. The average molecular weight is 335 g/mol. The third-order valence-corrected chi connectivity index (χ3v) is 3.52. The van der Waals surface area contributed by atoms with Gasteiger partial charge in [-0.25, -0.2) is 9.59 Å². The Hall–Kier alpha value is -3.17. The van der Waals surface area contributed by atoms with E-state index in [9.17, 15) is 24.0 Å². The molecule has 0 atom stereocenters. The highest BCUT2D eigenvalue weighted by Gasteiger charge is 2.13. The summed E-state index contributed by atoms with van der Waals surface area (Å²) in [5.74, 6) is 0. The van der Waals surface area contributed by atoms with Crippen LogP contribution in [0.15, 0.2) is 31.6 Å². The molecule has 0 bridgehead atoms. The fourth-order valence-electron chi connectivity index (χ4n) is 2.24.